The lowest BCUT2D eigenvalue weighted by molar-refractivity contribution is -0.384. The highest BCUT2D eigenvalue weighted by atomic mass is 35.5. The monoisotopic (exact) mass is 420 g/mol. The highest BCUT2D eigenvalue weighted by molar-refractivity contribution is 7.80. The number of nitrogens with one attached hydrogen (secondary N) is 1. The fourth-order valence-corrected chi connectivity index (χ4v) is 3.52. The largest absolute Gasteiger partial charge is 0.492 e. The number of nitrogens with zero attached hydrogens (tertiary/aromatic N) is 3. The van der Waals surface area contributed by atoms with Crippen LogP contribution in [0.1, 0.15) is 6.92 Å². The number of hydrogen-bond donors (Lipinski definition) is 1. The second-order valence-electron chi connectivity index (χ2n) is 6.23. The molecule has 0 radical (unpaired) electrons. The highest BCUT2D eigenvalue weighted by Gasteiger charge is 2.22. The molecule has 0 atom stereocenters. The Balaban J connectivity index is 1.63. The number of halogens is 1. The van der Waals surface area contributed by atoms with Crippen molar-refractivity contribution in [2.45, 2.75) is 6.92 Å². The van der Waals surface area contributed by atoms with Crippen molar-refractivity contribution in [2.24, 2.45) is 0 Å². The molecule has 1 aliphatic heterocycles. The number of non-ortho nitro benzene ring substituents is 1. The van der Waals surface area contributed by atoms with Crippen LogP contribution in [0.3, 0.4) is 0 Å². The third-order valence-electron chi connectivity index (χ3n) is 4.48. The minimum atomic E-state index is -0.459. The van der Waals surface area contributed by atoms with E-state index in [-0.39, 0.29) is 5.69 Å². The molecule has 28 heavy (non-hydrogen) atoms. The Morgan fingerprint density at radius 3 is 2.64 bits per heavy atom. The Bertz CT molecular complexity index is 872. The molecule has 148 valence electrons. The quantitative estimate of drug-likeness (QED) is 0.442. The number of rotatable bonds is 5. The molecule has 0 amide bonds. The first-order chi connectivity index (χ1) is 13.5. The van der Waals surface area contributed by atoms with Crippen molar-refractivity contribution in [3.05, 3.63) is 57.6 Å². The zero-order valence-corrected chi connectivity index (χ0v) is 17.0. The molecule has 0 aromatic heterocycles. The molecule has 1 heterocycles. The average molecular weight is 421 g/mol. The summed E-state index contributed by atoms with van der Waals surface area (Å²) < 4.78 is 5.72. The number of anilines is 2. The number of hydrogen-bond acceptors (Lipinski definition) is 5. The average Bonchev–Trinajstić information content (AvgIpc) is 2.70. The van der Waals surface area contributed by atoms with Crippen LogP contribution >= 0.6 is 23.8 Å². The van der Waals surface area contributed by atoms with E-state index in [9.17, 15) is 10.1 Å². The molecule has 0 bridgehead atoms. The third kappa shape index (κ3) is 4.63. The van der Waals surface area contributed by atoms with E-state index in [1.807, 2.05) is 30.0 Å². The number of thiocarbonyl (C=S) groups is 1. The van der Waals surface area contributed by atoms with Gasteiger partial charge in [0, 0.05) is 38.3 Å². The molecule has 1 N–H and O–H groups in total. The number of ether oxygens (including phenoxy) is 1. The van der Waals surface area contributed by atoms with Gasteiger partial charge in [0.1, 0.15) is 5.75 Å². The summed E-state index contributed by atoms with van der Waals surface area (Å²) >= 11 is 11.6. The number of benzene rings is 2. The predicted octanol–water partition coefficient (Wildman–Crippen LogP) is 4.17. The van der Waals surface area contributed by atoms with Gasteiger partial charge in [0.05, 0.1) is 27.9 Å². The summed E-state index contributed by atoms with van der Waals surface area (Å²) in [7, 11) is 0. The third-order valence-corrected chi connectivity index (χ3v) is 5.16. The number of piperazine rings is 1. The molecule has 0 aliphatic carbocycles. The second-order valence-corrected chi connectivity index (χ2v) is 7.02. The first kappa shape index (κ1) is 20.2. The fourth-order valence-electron chi connectivity index (χ4n) is 3.06. The molecule has 0 spiro atoms. The number of nitro benzene ring substituents is 1. The topological polar surface area (TPSA) is 70.9 Å². The van der Waals surface area contributed by atoms with E-state index in [0.29, 0.717) is 22.4 Å². The lowest BCUT2D eigenvalue weighted by Crippen LogP contribution is -2.50. The van der Waals surface area contributed by atoms with E-state index in [1.165, 1.54) is 18.2 Å². The van der Waals surface area contributed by atoms with Gasteiger partial charge in [-0.15, -0.1) is 0 Å². The van der Waals surface area contributed by atoms with Crippen molar-refractivity contribution >= 4 is 46.0 Å². The summed E-state index contributed by atoms with van der Waals surface area (Å²) in [6.45, 7) is 5.60. The molecule has 0 unspecified atom stereocenters. The van der Waals surface area contributed by atoms with Gasteiger partial charge < -0.3 is 19.9 Å². The summed E-state index contributed by atoms with van der Waals surface area (Å²) in [4.78, 5) is 14.8. The second kappa shape index (κ2) is 9.07. The number of nitro groups is 1. The van der Waals surface area contributed by atoms with Gasteiger partial charge in [-0.1, -0.05) is 23.7 Å². The summed E-state index contributed by atoms with van der Waals surface area (Å²) in [6, 6.07) is 12.2. The van der Waals surface area contributed by atoms with Crippen molar-refractivity contribution in [3.63, 3.8) is 0 Å². The van der Waals surface area contributed by atoms with E-state index in [2.05, 4.69) is 16.3 Å². The van der Waals surface area contributed by atoms with Gasteiger partial charge in [-0.3, -0.25) is 10.1 Å². The smallest absolute Gasteiger partial charge is 0.271 e. The van der Waals surface area contributed by atoms with Crippen LogP contribution in [0.5, 0.6) is 5.75 Å². The zero-order valence-electron chi connectivity index (χ0n) is 15.4. The van der Waals surface area contributed by atoms with Crippen molar-refractivity contribution in [2.75, 3.05) is 43.0 Å². The molecule has 0 saturated carbocycles. The van der Waals surface area contributed by atoms with E-state index >= 15 is 0 Å². The van der Waals surface area contributed by atoms with Gasteiger partial charge in [-0.05, 0) is 37.3 Å². The van der Waals surface area contributed by atoms with Crippen LogP contribution in [-0.2, 0) is 0 Å². The van der Waals surface area contributed by atoms with E-state index < -0.39 is 4.92 Å². The van der Waals surface area contributed by atoms with E-state index in [4.69, 9.17) is 28.6 Å². The summed E-state index contributed by atoms with van der Waals surface area (Å²) in [5, 5.41) is 14.9. The van der Waals surface area contributed by atoms with Crippen molar-refractivity contribution < 1.29 is 9.66 Å². The summed E-state index contributed by atoms with van der Waals surface area (Å²) in [6.07, 6.45) is 0. The molecule has 2 aromatic rings. The van der Waals surface area contributed by atoms with Gasteiger partial charge >= 0.3 is 0 Å². The maximum atomic E-state index is 11.0. The fraction of sp³-hybridized carbons (Fsp3) is 0.316. The lowest BCUT2D eigenvalue weighted by Gasteiger charge is -2.38. The van der Waals surface area contributed by atoms with Crippen LogP contribution in [0.25, 0.3) is 0 Å². The van der Waals surface area contributed by atoms with Crippen LogP contribution in [0.4, 0.5) is 17.1 Å². The van der Waals surface area contributed by atoms with Crippen LogP contribution in [0.15, 0.2) is 42.5 Å². The Labute approximate surface area is 174 Å². The molecule has 1 saturated heterocycles. The van der Waals surface area contributed by atoms with Gasteiger partial charge in [0.15, 0.2) is 5.11 Å². The van der Waals surface area contributed by atoms with Crippen LogP contribution in [-0.4, -0.2) is 47.7 Å². The number of para-hydroxylation sites is 2. The highest BCUT2D eigenvalue weighted by Crippen LogP contribution is 2.30. The molecule has 2 aromatic carbocycles. The molecule has 1 aliphatic rings. The van der Waals surface area contributed by atoms with E-state index in [1.54, 1.807) is 0 Å². The van der Waals surface area contributed by atoms with Gasteiger partial charge in [-0.2, -0.15) is 0 Å². The first-order valence-electron chi connectivity index (χ1n) is 8.96. The minimum absolute atomic E-state index is 0.0351. The Morgan fingerprint density at radius 2 is 1.96 bits per heavy atom. The first-order valence-corrected chi connectivity index (χ1v) is 9.75. The predicted molar refractivity (Wildman–Crippen MR) is 116 cm³/mol. The Hall–Kier alpha value is -2.58. The lowest BCUT2D eigenvalue weighted by atomic mass is 10.2. The van der Waals surface area contributed by atoms with Crippen molar-refractivity contribution in [1.82, 2.24) is 4.90 Å². The minimum Gasteiger partial charge on any atom is -0.492 e. The molecule has 1 fully saturated rings. The van der Waals surface area contributed by atoms with Gasteiger partial charge in [0.2, 0.25) is 0 Å². The molecular formula is C19H21ClN4O3S. The van der Waals surface area contributed by atoms with Gasteiger partial charge in [-0.25, -0.2) is 0 Å². The summed E-state index contributed by atoms with van der Waals surface area (Å²) in [5.74, 6) is 0.877. The summed E-state index contributed by atoms with van der Waals surface area (Å²) in [5.41, 5.74) is 1.47. The van der Waals surface area contributed by atoms with Gasteiger partial charge in [0.25, 0.3) is 5.69 Å². The van der Waals surface area contributed by atoms with Crippen LogP contribution in [0.2, 0.25) is 5.02 Å². The van der Waals surface area contributed by atoms with Crippen LogP contribution < -0.4 is 15.0 Å². The molecule has 3 rings (SSSR count). The van der Waals surface area contributed by atoms with E-state index in [0.717, 1.165) is 37.6 Å². The SMILES string of the molecule is CCOc1ccccc1N1CCN(C(=S)Nc2cc([N+](=O)[O-])ccc2Cl)CC1. The molecule has 9 heteroatoms. The van der Waals surface area contributed by atoms with Crippen LogP contribution in [0, 0.1) is 10.1 Å². The maximum Gasteiger partial charge on any atom is 0.271 e. The molecule has 7 nitrogen and oxygen atoms in total. The zero-order chi connectivity index (χ0) is 20.1. The maximum absolute atomic E-state index is 11.0. The molecular weight excluding hydrogens is 400 g/mol. The standard InChI is InChI=1S/C19H21ClN4O3S/c1-2-27-18-6-4-3-5-17(18)22-9-11-23(12-10-22)19(28)21-16-13-14(24(25)26)7-8-15(16)20/h3-8,13H,2,9-12H2,1H3,(H,21,28). The van der Waals surface area contributed by atoms with Crippen molar-refractivity contribution in [3.8, 4) is 5.75 Å². The normalized spacial score (nSPS) is 13.9. The Morgan fingerprint density at radius 1 is 1.25 bits per heavy atom. The van der Waals surface area contributed by atoms with Crippen molar-refractivity contribution in [1.29, 1.82) is 0 Å². The Kier molecular flexibility index (Phi) is 6.53.